The highest BCUT2D eigenvalue weighted by Crippen LogP contribution is 2.62. The van der Waals surface area contributed by atoms with Gasteiger partial charge in [0.15, 0.2) is 5.82 Å². The molecule has 0 saturated carbocycles. The van der Waals surface area contributed by atoms with E-state index in [9.17, 15) is 0 Å². The maximum Gasteiger partial charge on any atom is 0.160 e. The van der Waals surface area contributed by atoms with Crippen LogP contribution >= 0.6 is 11.8 Å². The van der Waals surface area contributed by atoms with E-state index in [4.69, 9.17) is 9.97 Å². The van der Waals surface area contributed by atoms with Crippen molar-refractivity contribution in [2.45, 2.75) is 15.2 Å². The first-order valence-electron chi connectivity index (χ1n) is 17.0. The first kappa shape index (κ1) is 28.9. The summed E-state index contributed by atoms with van der Waals surface area (Å²) in [5.41, 5.74) is 14.7. The van der Waals surface area contributed by atoms with E-state index in [0.717, 1.165) is 28.1 Å². The van der Waals surface area contributed by atoms with Gasteiger partial charge in [0.2, 0.25) is 0 Å². The van der Waals surface area contributed by atoms with Crippen molar-refractivity contribution in [3.8, 4) is 56.2 Å². The molecule has 8 aromatic rings. The number of hydrogen-bond donors (Lipinski definition) is 0. The minimum absolute atomic E-state index is 0.451. The zero-order valence-corrected chi connectivity index (χ0v) is 27.9. The second kappa shape index (κ2) is 11.5. The van der Waals surface area contributed by atoms with Crippen molar-refractivity contribution in [3.63, 3.8) is 0 Å². The summed E-state index contributed by atoms with van der Waals surface area (Å²) >= 11 is 1.87. The third-order valence-electron chi connectivity index (χ3n) is 10.2. The minimum Gasteiger partial charge on any atom is -0.228 e. The van der Waals surface area contributed by atoms with Gasteiger partial charge in [-0.1, -0.05) is 169 Å². The monoisotopic (exact) mass is 654 g/mol. The molecule has 0 radical (unpaired) electrons. The fraction of sp³-hybridized carbons (Fsp3) is 0.0213. The van der Waals surface area contributed by atoms with Crippen molar-refractivity contribution in [2.75, 3.05) is 0 Å². The summed E-state index contributed by atoms with van der Waals surface area (Å²) in [6, 6.07) is 65.4. The van der Waals surface area contributed by atoms with Crippen molar-refractivity contribution < 1.29 is 0 Å². The first-order valence-corrected chi connectivity index (χ1v) is 17.8. The van der Waals surface area contributed by atoms with Crippen LogP contribution in [0.2, 0.25) is 0 Å². The van der Waals surface area contributed by atoms with E-state index in [2.05, 4.69) is 176 Å². The Morgan fingerprint density at radius 1 is 0.340 bits per heavy atom. The molecule has 0 bridgehead atoms. The van der Waals surface area contributed by atoms with Gasteiger partial charge in [-0.15, -0.1) is 0 Å². The standard InChI is InChI=1S/C47H30N2S/c1-3-13-31(14-4-1)32-23-25-34(26-24-32)43-30-42(33-15-5-2-6-16-33)48-46(49-43)35-27-28-37-36-17-7-8-18-38(36)47(41(37)29-35)39-19-9-11-21-44(39)50-45-22-12-10-20-40(45)47/h1-30H. The van der Waals surface area contributed by atoms with Gasteiger partial charge < -0.3 is 0 Å². The molecule has 2 heterocycles. The van der Waals surface area contributed by atoms with Gasteiger partial charge in [-0.2, -0.15) is 0 Å². The Labute approximate surface area is 296 Å². The average molecular weight is 655 g/mol. The largest absolute Gasteiger partial charge is 0.228 e. The minimum atomic E-state index is -0.451. The van der Waals surface area contributed by atoms with E-state index < -0.39 is 5.41 Å². The topological polar surface area (TPSA) is 25.8 Å². The van der Waals surface area contributed by atoms with Gasteiger partial charge in [0, 0.05) is 26.5 Å². The lowest BCUT2D eigenvalue weighted by Crippen LogP contribution is -2.31. The molecule has 1 aliphatic carbocycles. The normalized spacial score (nSPS) is 13.3. The zero-order valence-electron chi connectivity index (χ0n) is 27.1. The van der Waals surface area contributed by atoms with Gasteiger partial charge in [0.1, 0.15) is 0 Å². The molecule has 0 atom stereocenters. The second-order valence-corrected chi connectivity index (χ2v) is 14.0. The molecule has 50 heavy (non-hydrogen) atoms. The highest BCUT2D eigenvalue weighted by molar-refractivity contribution is 7.99. The van der Waals surface area contributed by atoms with E-state index in [-0.39, 0.29) is 0 Å². The summed E-state index contributed by atoms with van der Waals surface area (Å²) < 4.78 is 0. The summed E-state index contributed by atoms with van der Waals surface area (Å²) in [6.45, 7) is 0. The van der Waals surface area contributed by atoms with Crippen molar-refractivity contribution in [1.29, 1.82) is 0 Å². The lowest BCUT2D eigenvalue weighted by atomic mass is 9.67. The number of fused-ring (bicyclic) bond motifs is 9. The molecule has 234 valence electrons. The van der Waals surface area contributed by atoms with Crippen LogP contribution in [0, 0.1) is 0 Å². The lowest BCUT2D eigenvalue weighted by Gasteiger charge is -2.39. The summed E-state index contributed by atoms with van der Waals surface area (Å²) in [5.74, 6) is 0.717. The molecule has 7 aromatic carbocycles. The van der Waals surface area contributed by atoms with Crippen LogP contribution in [0.1, 0.15) is 22.3 Å². The van der Waals surface area contributed by atoms with Crippen molar-refractivity contribution in [3.05, 3.63) is 204 Å². The molecule has 0 fully saturated rings. The van der Waals surface area contributed by atoms with Crippen LogP contribution in [0.5, 0.6) is 0 Å². The molecule has 3 heteroatoms. The maximum absolute atomic E-state index is 5.28. The van der Waals surface area contributed by atoms with Gasteiger partial charge in [-0.3, -0.25) is 0 Å². The molecular formula is C47H30N2S. The lowest BCUT2D eigenvalue weighted by molar-refractivity contribution is 0.722. The highest BCUT2D eigenvalue weighted by atomic mass is 32.2. The van der Waals surface area contributed by atoms with Crippen molar-refractivity contribution in [2.24, 2.45) is 0 Å². The van der Waals surface area contributed by atoms with Gasteiger partial charge in [-0.25, -0.2) is 9.97 Å². The Balaban J connectivity index is 1.19. The van der Waals surface area contributed by atoms with Gasteiger partial charge in [0.25, 0.3) is 0 Å². The molecule has 2 nitrogen and oxygen atoms in total. The number of rotatable bonds is 4. The Bertz CT molecular complexity index is 2510. The zero-order chi connectivity index (χ0) is 33.1. The summed E-state index contributed by atoms with van der Waals surface area (Å²) in [7, 11) is 0. The number of hydrogen-bond acceptors (Lipinski definition) is 3. The first-order chi connectivity index (χ1) is 24.8. The van der Waals surface area contributed by atoms with Crippen LogP contribution in [0.3, 0.4) is 0 Å². The van der Waals surface area contributed by atoms with E-state index in [1.165, 1.54) is 54.3 Å². The SMILES string of the molecule is c1ccc(-c2ccc(-c3cc(-c4ccccc4)nc(-c4ccc5c(c4)C4(c6ccccc6Sc6ccccc64)c4ccccc4-5)n3)cc2)cc1. The molecular weight excluding hydrogens is 625 g/mol. The van der Waals surface area contributed by atoms with E-state index >= 15 is 0 Å². The molecule has 0 unspecified atom stereocenters. The van der Waals surface area contributed by atoms with Crippen LogP contribution in [0.25, 0.3) is 56.2 Å². The Morgan fingerprint density at radius 2 is 0.800 bits per heavy atom. The van der Waals surface area contributed by atoms with Crippen LogP contribution in [0.4, 0.5) is 0 Å². The van der Waals surface area contributed by atoms with Gasteiger partial charge in [0.05, 0.1) is 16.8 Å². The maximum atomic E-state index is 5.28. The van der Waals surface area contributed by atoms with Crippen LogP contribution in [-0.4, -0.2) is 9.97 Å². The van der Waals surface area contributed by atoms with Crippen LogP contribution < -0.4 is 0 Å². The molecule has 2 aliphatic rings. The fourth-order valence-corrected chi connectivity index (χ4v) is 9.13. The third kappa shape index (κ3) is 4.44. The molecule has 1 aliphatic heterocycles. The molecule has 0 amide bonds. The summed E-state index contributed by atoms with van der Waals surface area (Å²) in [4.78, 5) is 13.1. The Hall–Kier alpha value is -6.03. The average Bonchev–Trinajstić information content (AvgIpc) is 3.48. The Kier molecular flexibility index (Phi) is 6.68. The number of nitrogens with zero attached hydrogens (tertiary/aromatic N) is 2. The highest BCUT2D eigenvalue weighted by Gasteiger charge is 2.50. The van der Waals surface area contributed by atoms with Gasteiger partial charge in [-0.05, 0) is 68.8 Å². The predicted octanol–water partition coefficient (Wildman–Crippen LogP) is 12.0. The summed E-state index contributed by atoms with van der Waals surface area (Å²) in [6.07, 6.45) is 0. The van der Waals surface area contributed by atoms with Gasteiger partial charge >= 0.3 is 0 Å². The molecule has 10 rings (SSSR count). The quantitative estimate of drug-likeness (QED) is 0.189. The second-order valence-electron chi connectivity index (χ2n) is 12.9. The number of aromatic nitrogens is 2. The van der Waals surface area contributed by atoms with Crippen molar-refractivity contribution in [1.82, 2.24) is 9.97 Å². The smallest absolute Gasteiger partial charge is 0.160 e. The summed E-state index contributed by atoms with van der Waals surface area (Å²) in [5, 5.41) is 0. The third-order valence-corrected chi connectivity index (χ3v) is 11.3. The van der Waals surface area contributed by atoms with E-state index in [1.807, 2.05) is 17.8 Å². The molecule has 0 N–H and O–H groups in total. The van der Waals surface area contributed by atoms with E-state index in [0.29, 0.717) is 5.82 Å². The predicted molar refractivity (Wildman–Crippen MR) is 205 cm³/mol. The Morgan fingerprint density at radius 3 is 1.46 bits per heavy atom. The van der Waals surface area contributed by atoms with E-state index in [1.54, 1.807) is 0 Å². The molecule has 1 aromatic heterocycles. The molecule has 0 saturated heterocycles. The number of benzene rings is 7. The van der Waals surface area contributed by atoms with Crippen LogP contribution in [-0.2, 0) is 5.41 Å². The fourth-order valence-electron chi connectivity index (χ4n) is 7.94. The molecule has 1 spiro atoms. The van der Waals surface area contributed by atoms with Crippen LogP contribution in [0.15, 0.2) is 192 Å². The van der Waals surface area contributed by atoms with Crippen molar-refractivity contribution >= 4 is 11.8 Å².